The number of nitrogens with zero attached hydrogens (tertiary/aromatic N) is 2. The van der Waals surface area contributed by atoms with Crippen LogP contribution in [-0.4, -0.2) is 14.7 Å². The van der Waals surface area contributed by atoms with E-state index in [4.69, 9.17) is 16.6 Å². The van der Waals surface area contributed by atoms with E-state index in [0.29, 0.717) is 9.50 Å². The van der Waals surface area contributed by atoms with Crippen LogP contribution in [0, 0.1) is 0 Å². The fourth-order valence-corrected chi connectivity index (χ4v) is 2.86. The molecule has 1 aromatic heterocycles. The van der Waals surface area contributed by atoms with Gasteiger partial charge >= 0.3 is 0 Å². The average Bonchev–Trinajstić information content (AvgIpc) is 2.80. The molecule has 0 atom stereocenters. The predicted molar refractivity (Wildman–Crippen MR) is 89.9 cm³/mol. The topological polar surface area (TPSA) is 38.0 Å². The maximum absolute atomic E-state index is 9.90. The minimum absolute atomic E-state index is 0.202. The summed E-state index contributed by atoms with van der Waals surface area (Å²) in [6.07, 6.45) is 0. The van der Waals surface area contributed by atoms with Crippen LogP contribution in [0.15, 0.2) is 40.9 Å². The highest BCUT2D eigenvalue weighted by molar-refractivity contribution is 9.10. The summed E-state index contributed by atoms with van der Waals surface area (Å²) in [5.41, 5.74) is 2.76. The molecule has 3 aromatic rings. The van der Waals surface area contributed by atoms with Gasteiger partial charge in [-0.25, -0.2) is 4.98 Å². The second-order valence-electron chi connectivity index (χ2n) is 5.20. The van der Waals surface area contributed by atoms with Crippen LogP contribution in [0.25, 0.3) is 22.4 Å². The predicted octanol–water partition coefficient (Wildman–Crippen LogP) is 5.41. The van der Waals surface area contributed by atoms with Crippen molar-refractivity contribution in [1.82, 2.24) is 9.55 Å². The second-order valence-corrected chi connectivity index (χ2v) is 6.49. The third-order valence-electron chi connectivity index (χ3n) is 3.37. The van der Waals surface area contributed by atoms with E-state index in [0.717, 1.165) is 22.4 Å². The van der Waals surface area contributed by atoms with Crippen LogP contribution in [-0.2, 0) is 0 Å². The lowest BCUT2D eigenvalue weighted by Gasteiger charge is -2.13. The van der Waals surface area contributed by atoms with Gasteiger partial charge in [0.25, 0.3) is 0 Å². The Morgan fingerprint density at radius 1 is 1.19 bits per heavy atom. The van der Waals surface area contributed by atoms with Gasteiger partial charge in [0.15, 0.2) is 0 Å². The summed E-state index contributed by atoms with van der Waals surface area (Å²) in [6.45, 7) is 4.20. The maximum atomic E-state index is 9.90. The number of rotatable bonds is 2. The number of fused-ring (bicyclic) bond motifs is 1. The molecule has 0 aliphatic rings. The number of phenolic OH excluding ortho intramolecular Hbond substituents is 1. The van der Waals surface area contributed by atoms with Gasteiger partial charge in [0.05, 0.1) is 15.5 Å². The Bertz CT molecular complexity index is 827. The quantitative estimate of drug-likeness (QED) is 0.659. The number of imidazole rings is 1. The van der Waals surface area contributed by atoms with Crippen molar-refractivity contribution >= 4 is 38.6 Å². The molecule has 0 radical (unpaired) electrons. The van der Waals surface area contributed by atoms with E-state index in [2.05, 4.69) is 34.3 Å². The fourth-order valence-electron chi connectivity index (χ4n) is 2.44. The van der Waals surface area contributed by atoms with Gasteiger partial charge < -0.3 is 9.67 Å². The molecular weight excluding hydrogens is 352 g/mol. The van der Waals surface area contributed by atoms with Crippen LogP contribution in [0.2, 0.25) is 5.02 Å². The standard InChI is InChI=1S/C16H14BrClN2O/c1-9(2)20-14-8-11(18)4-6-13(14)19-16(20)10-3-5-12(17)15(21)7-10/h3-9,21H,1-2H3. The number of aromatic nitrogens is 2. The molecule has 1 N–H and O–H groups in total. The van der Waals surface area contributed by atoms with Crippen LogP contribution in [0.4, 0.5) is 0 Å². The van der Waals surface area contributed by atoms with E-state index in [9.17, 15) is 5.11 Å². The van der Waals surface area contributed by atoms with Gasteiger partial charge in [-0.3, -0.25) is 0 Å². The first-order valence-electron chi connectivity index (χ1n) is 6.63. The Balaban J connectivity index is 2.30. The largest absolute Gasteiger partial charge is 0.507 e. The van der Waals surface area contributed by atoms with Crippen molar-refractivity contribution in [2.75, 3.05) is 0 Å². The summed E-state index contributed by atoms with van der Waals surface area (Å²) >= 11 is 9.41. The van der Waals surface area contributed by atoms with Crippen molar-refractivity contribution in [3.05, 3.63) is 45.9 Å². The maximum Gasteiger partial charge on any atom is 0.141 e. The molecule has 0 fully saturated rings. The smallest absolute Gasteiger partial charge is 0.141 e. The van der Waals surface area contributed by atoms with Crippen molar-refractivity contribution in [3.63, 3.8) is 0 Å². The van der Waals surface area contributed by atoms with E-state index >= 15 is 0 Å². The third kappa shape index (κ3) is 2.54. The molecular formula is C16H14BrClN2O. The van der Waals surface area contributed by atoms with Crippen LogP contribution < -0.4 is 0 Å². The van der Waals surface area contributed by atoms with Crippen LogP contribution in [0.3, 0.4) is 0 Å². The summed E-state index contributed by atoms with van der Waals surface area (Å²) in [5, 5.41) is 10.6. The van der Waals surface area contributed by atoms with E-state index in [1.165, 1.54) is 0 Å². The molecule has 108 valence electrons. The zero-order valence-corrected chi connectivity index (χ0v) is 14.0. The van der Waals surface area contributed by atoms with E-state index in [1.807, 2.05) is 30.3 Å². The molecule has 21 heavy (non-hydrogen) atoms. The van der Waals surface area contributed by atoms with Gasteiger partial charge in [0.2, 0.25) is 0 Å². The van der Waals surface area contributed by atoms with E-state index in [-0.39, 0.29) is 11.8 Å². The van der Waals surface area contributed by atoms with Crippen LogP contribution in [0.5, 0.6) is 5.75 Å². The Morgan fingerprint density at radius 2 is 1.95 bits per heavy atom. The molecule has 3 nitrogen and oxygen atoms in total. The Labute approximate surface area is 136 Å². The molecule has 0 spiro atoms. The Morgan fingerprint density at radius 3 is 2.62 bits per heavy atom. The summed E-state index contributed by atoms with van der Waals surface area (Å²) in [6, 6.07) is 11.4. The number of phenols is 1. The normalized spacial score (nSPS) is 11.5. The van der Waals surface area contributed by atoms with Crippen molar-refractivity contribution in [2.24, 2.45) is 0 Å². The van der Waals surface area contributed by atoms with E-state index < -0.39 is 0 Å². The van der Waals surface area contributed by atoms with Gasteiger partial charge in [-0.2, -0.15) is 0 Å². The van der Waals surface area contributed by atoms with Crippen LogP contribution >= 0.6 is 27.5 Å². The number of halogens is 2. The molecule has 0 bridgehead atoms. The van der Waals surface area contributed by atoms with Crippen molar-refractivity contribution in [3.8, 4) is 17.1 Å². The number of benzene rings is 2. The van der Waals surface area contributed by atoms with Crippen LogP contribution in [0.1, 0.15) is 19.9 Å². The molecule has 0 aliphatic carbocycles. The highest BCUT2D eigenvalue weighted by atomic mass is 79.9. The van der Waals surface area contributed by atoms with Gasteiger partial charge in [-0.05, 0) is 66.2 Å². The first kappa shape index (κ1) is 14.4. The van der Waals surface area contributed by atoms with Crippen molar-refractivity contribution in [2.45, 2.75) is 19.9 Å². The molecule has 3 rings (SSSR count). The molecule has 1 heterocycles. The van der Waals surface area contributed by atoms with Crippen molar-refractivity contribution in [1.29, 1.82) is 0 Å². The van der Waals surface area contributed by atoms with Gasteiger partial charge in [-0.15, -0.1) is 0 Å². The first-order chi connectivity index (χ1) is 9.97. The second kappa shape index (κ2) is 5.35. The SMILES string of the molecule is CC(C)n1c(-c2ccc(Br)c(O)c2)nc2ccc(Cl)cc21. The fraction of sp³-hybridized carbons (Fsp3) is 0.188. The summed E-state index contributed by atoms with van der Waals surface area (Å²) in [5.74, 6) is 1.03. The van der Waals surface area contributed by atoms with E-state index in [1.54, 1.807) is 6.07 Å². The van der Waals surface area contributed by atoms with Gasteiger partial charge in [-0.1, -0.05) is 11.6 Å². The molecule has 0 aliphatic heterocycles. The molecule has 2 aromatic carbocycles. The highest BCUT2D eigenvalue weighted by Gasteiger charge is 2.16. The lowest BCUT2D eigenvalue weighted by atomic mass is 10.2. The lowest BCUT2D eigenvalue weighted by Crippen LogP contribution is -2.03. The summed E-state index contributed by atoms with van der Waals surface area (Å²) in [7, 11) is 0. The zero-order valence-electron chi connectivity index (χ0n) is 11.6. The number of hydrogen-bond donors (Lipinski definition) is 1. The molecule has 0 amide bonds. The van der Waals surface area contributed by atoms with Gasteiger partial charge in [0.1, 0.15) is 11.6 Å². The van der Waals surface area contributed by atoms with Gasteiger partial charge in [0, 0.05) is 16.6 Å². The van der Waals surface area contributed by atoms with Crippen molar-refractivity contribution < 1.29 is 5.11 Å². The minimum atomic E-state index is 0.202. The minimum Gasteiger partial charge on any atom is -0.507 e. The molecule has 0 saturated carbocycles. The number of hydrogen-bond acceptors (Lipinski definition) is 2. The molecule has 0 unspecified atom stereocenters. The summed E-state index contributed by atoms with van der Waals surface area (Å²) < 4.78 is 2.80. The Hall–Kier alpha value is -1.52. The lowest BCUT2D eigenvalue weighted by molar-refractivity contribution is 0.472. The molecule has 0 saturated heterocycles. The highest BCUT2D eigenvalue weighted by Crippen LogP contribution is 2.33. The molecule has 5 heteroatoms. The number of aromatic hydroxyl groups is 1. The Kier molecular flexibility index (Phi) is 3.68. The average molecular weight is 366 g/mol. The third-order valence-corrected chi connectivity index (χ3v) is 4.28. The zero-order chi connectivity index (χ0) is 15.1. The summed E-state index contributed by atoms with van der Waals surface area (Å²) in [4.78, 5) is 4.69. The first-order valence-corrected chi connectivity index (χ1v) is 7.81. The monoisotopic (exact) mass is 364 g/mol.